The Kier molecular flexibility index (Phi) is 7.16. The summed E-state index contributed by atoms with van der Waals surface area (Å²) in [5.74, 6) is 0.402. The van der Waals surface area contributed by atoms with E-state index in [0.29, 0.717) is 53.7 Å². The fourth-order valence-electron chi connectivity index (χ4n) is 4.34. The lowest BCUT2D eigenvalue weighted by molar-refractivity contribution is -0.139. The average molecular weight is 483 g/mol. The molecule has 186 valence electrons. The third-order valence-corrected chi connectivity index (χ3v) is 5.99. The highest BCUT2D eigenvalue weighted by atomic mass is 16.7. The summed E-state index contributed by atoms with van der Waals surface area (Å²) in [6.45, 7) is 3.51. The van der Waals surface area contributed by atoms with Gasteiger partial charge in [-0.2, -0.15) is 0 Å². The molecule has 1 amide bonds. The normalized spacial score (nSPS) is 18.4. The first-order valence-corrected chi connectivity index (χ1v) is 11.5. The number of rotatable bonds is 9. The average Bonchev–Trinajstić information content (AvgIpc) is 3.41. The second-order valence-electron chi connectivity index (χ2n) is 8.56. The molecule has 35 heavy (non-hydrogen) atoms. The minimum Gasteiger partial charge on any atom is -0.507 e. The smallest absolute Gasteiger partial charge is 0.295 e. The maximum atomic E-state index is 13.2. The Morgan fingerprint density at radius 2 is 1.89 bits per heavy atom. The molecule has 0 radical (unpaired) electrons. The maximum Gasteiger partial charge on any atom is 0.295 e. The number of benzene rings is 2. The molecule has 1 fully saturated rings. The van der Waals surface area contributed by atoms with Crippen LogP contribution in [0.25, 0.3) is 5.76 Å². The van der Waals surface area contributed by atoms with Crippen molar-refractivity contribution < 1.29 is 33.6 Å². The quantitative estimate of drug-likeness (QED) is 0.331. The largest absolute Gasteiger partial charge is 0.507 e. The lowest BCUT2D eigenvalue weighted by atomic mass is 9.94. The molecule has 0 aliphatic carbocycles. The van der Waals surface area contributed by atoms with Crippen LogP contribution >= 0.6 is 0 Å². The molecule has 0 aromatic heterocycles. The summed E-state index contributed by atoms with van der Waals surface area (Å²) >= 11 is 0. The predicted octanol–water partition coefficient (Wildman–Crippen LogP) is 3.20. The topological polar surface area (TPSA) is 97.8 Å². The van der Waals surface area contributed by atoms with Crippen LogP contribution in [-0.4, -0.2) is 74.3 Å². The van der Waals surface area contributed by atoms with Crippen molar-refractivity contribution in [3.63, 3.8) is 0 Å². The molecule has 4 rings (SSSR count). The van der Waals surface area contributed by atoms with Crippen molar-refractivity contribution in [2.24, 2.45) is 0 Å². The number of amides is 1. The molecule has 1 atom stereocenters. The Labute approximate surface area is 204 Å². The third kappa shape index (κ3) is 4.77. The van der Waals surface area contributed by atoms with E-state index in [-0.39, 0.29) is 18.1 Å². The van der Waals surface area contributed by atoms with Crippen molar-refractivity contribution >= 4 is 17.4 Å². The van der Waals surface area contributed by atoms with Gasteiger partial charge in [-0.25, -0.2) is 0 Å². The number of aliphatic hydroxyl groups excluding tert-OH is 1. The monoisotopic (exact) mass is 482 g/mol. The zero-order chi connectivity index (χ0) is 25.1. The second kappa shape index (κ2) is 10.3. The number of carbonyl (C=O) groups excluding carboxylic acids is 2. The molecule has 0 spiro atoms. The maximum absolute atomic E-state index is 13.2. The first-order valence-electron chi connectivity index (χ1n) is 11.5. The fraction of sp³-hybridized carbons (Fsp3) is 0.385. The Morgan fingerprint density at radius 3 is 2.60 bits per heavy atom. The zero-order valence-electron chi connectivity index (χ0n) is 20.4. The van der Waals surface area contributed by atoms with Gasteiger partial charge in [0, 0.05) is 12.1 Å². The van der Waals surface area contributed by atoms with E-state index < -0.39 is 17.7 Å². The van der Waals surface area contributed by atoms with Gasteiger partial charge in [-0.05, 0) is 69.9 Å². The van der Waals surface area contributed by atoms with Crippen LogP contribution in [0.1, 0.15) is 30.5 Å². The van der Waals surface area contributed by atoms with Gasteiger partial charge in [0.05, 0.1) is 25.3 Å². The van der Waals surface area contributed by atoms with E-state index in [4.69, 9.17) is 18.9 Å². The first kappa shape index (κ1) is 24.4. The van der Waals surface area contributed by atoms with Gasteiger partial charge in [0.15, 0.2) is 23.0 Å². The van der Waals surface area contributed by atoms with Crippen LogP contribution in [0.3, 0.4) is 0 Å². The third-order valence-electron chi connectivity index (χ3n) is 5.99. The van der Waals surface area contributed by atoms with Crippen LogP contribution in [0.2, 0.25) is 0 Å². The van der Waals surface area contributed by atoms with Gasteiger partial charge in [-0.15, -0.1) is 0 Å². The number of Topliss-reactive ketones (excluding diaryl/α,β-unsaturated/α-hetero) is 1. The highest BCUT2D eigenvalue weighted by Gasteiger charge is 2.46. The zero-order valence-corrected chi connectivity index (χ0v) is 20.4. The van der Waals surface area contributed by atoms with Crippen LogP contribution in [0.5, 0.6) is 23.0 Å². The highest BCUT2D eigenvalue weighted by Crippen LogP contribution is 2.43. The summed E-state index contributed by atoms with van der Waals surface area (Å²) in [4.78, 5) is 29.9. The molecule has 0 bridgehead atoms. The van der Waals surface area contributed by atoms with Gasteiger partial charge in [-0.3, -0.25) is 9.59 Å². The number of aliphatic hydroxyl groups is 1. The molecule has 9 nitrogen and oxygen atoms in total. The summed E-state index contributed by atoms with van der Waals surface area (Å²) in [5.41, 5.74) is 1.02. The van der Waals surface area contributed by atoms with Gasteiger partial charge in [0.1, 0.15) is 5.76 Å². The number of nitrogens with zero attached hydrogens (tertiary/aromatic N) is 2. The molecule has 1 unspecified atom stereocenters. The molecule has 2 aromatic carbocycles. The van der Waals surface area contributed by atoms with E-state index in [1.54, 1.807) is 36.4 Å². The molecular formula is C26H30N2O7. The van der Waals surface area contributed by atoms with E-state index in [1.165, 1.54) is 12.0 Å². The number of ether oxygens (including phenoxy) is 4. The van der Waals surface area contributed by atoms with Crippen molar-refractivity contribution in [2.75, 3.05) is 47.7 Å². The summed E-state index contributed by atoms with van der Waals surface area (Å²) in [6, 6.07) is 9.40. The van der Waals surface area contributed by atoms with E-state index in [0.717, 1.165) is 6.54 Å². The lowest BCUT2D eigenvalue weighted by Gasteiger charge is -2.26. The van der Waals surface area contributed by atoms with Gasteiger partial charge in [0.2, 0.25) is 6.79 Å². The first-order chi connectivity index (χ1) is 16.8. The Balaban J connectivity index is 1.81. The Hall–Kier alpha value is -3.72. The highest BCUT2D eigenvalue weighted by molar-refractivity contribution is 6.46. The summed E-state index contributed by atoms with van der Waals surface area (Å²) in [7, 11) is 5.42. The van der Waals surface area contributed by atoms with E-state index >= 15 is 0 Å². The standard InChI is InChI=1S/C26H30N2O7/c1-5-33-18-9-7-16(13-20(18)32-4)23-22(25(30)26(31)28(23)12-6-11-27(2)3)24(29)17-8-10-19-21(14-17)35-15-34-19/h7-10,13-14,23,29H,5-6,11-12,15H2,1-4H3/b24-22+. The van der Waals surface area contributed by atoms with Crippen LogP contribution in [0.15, 0.2) is 42.0 Å². The minimum absolute atomic E-state index is 0.0185. The molecule has 1 N–H and O–H groups in total. The van der Waals surface area contributed by atoms with Gasteiger partial charge in [-0.1, -0.05) is 6.07 Å². The summed E-state index contributed by atoms with van der Waals surface area (Å²) < 4.78 is 21.9. The molecule has 2 heterocycles. The van der Waals surface area contributed by atoms with Crippen LogP contribution in [-0.2, 0) is 9.59 Å². The predicted molar refractivity (Wildman–Crippen MR) is 129 cm³/mol. The number of hydrogen-bond donors (Lipinski definition) is 1. The number of fused-ring (bicyclic) bond motifs is 1. The fourth-order valence-corrected chi connectivity index (χ4v) is 4.34. The SMILES string of the molecule is CCOc1ccc(C2/C(=C(\O)c3ccc4c(c3)OCO4)C(=O)C(=O)N2CCCN(C)C)cc1OC. The van der Waals surface area contributed by atoms with Gasteiger partial charge in [0.25, 0.3) is 11.7 Å². The van der Waals surface area contributed by atoms with Crippen LogP contribution < -0.4 is 18.9 Å². The molecule has 1 saturated heterocycles. The number of methoxy groups -OCH3 is 1. The summed E-state index contributed by atoms with van der Waals surface area (Å²) in [6.07, 6.45) is 0.661. The molecule has 9 heteroatoms. The van der Waals surface area contributed by atoms with E-state index in [2.05, 4.69) is 0 Å². The molecular weight excluding hydrogens is 452 g/mol. The molecule has 2 aromatic rings. The number of hydrogen-bond acceptors (Lipinski definition) is 8. The number of carbonyl (C=O) groups is 2. The number of likely N-dealkylation sites (tertiary alicyclic amines) is 1. The van der Waals surface area contributed by atoms with Crippen molar-refractivity contribution in [3.05, 3.63) is 53.1 Å². The molecule has 0 saturated carbocycles. The van der Waals surface area contributed by atoms with Crippen molar-refractivity contribution in [2.45, 2.75) is 19.4 Å². The Morgan fingerprint density at radius 1 is 1.11 bits per heavy atom. The van der Waals surface area contributed by atoms with Crippen molar-refractivity contribution in [1.82, 2.24) is 9.80 Å². The Bertz CT molecular complexity index is 1160. The van der Waals surface area contributed by atoms with Crippen LogP contribution in [0.4, 0.5) is 0 Å². The van der Waals surface area contributed by atoms with Crippen molar-refractivity contribution in [1.29, 1.82) is 0 Å². The van der Waals surface area contributed by atoms with Crippen LogP contribution in [0, 0.1) is 0 Å². The number of ketones is 1. The minimum atomic E-state index is -0.785. The van der Waals surface area contributed by atoms with Gasteiger partial charge < -0.3 is 33.9 Å². The van der Waals surface area contributed by atoms with Gasteiger partial charge >= 0.3 is 0 Å². The van der Waals surface area contributed by atoms with E-state index in [9.17, 15) is 14.7 Å². The van der Waals surface area contributed by atoms with E-state index in [1.807, 2.05) is 25.9 Å². The second-order valence-corrected chi connectivity index (χ2v) is 8.56. The summed E-state index contributed by atoms with van der Waals surface area (Å²) in [5, 5.41) is 11.3. The molecule has 2 aliphatic rings. The lowest BCUT2D eigenvalue weighted by Crippen LogP contribution is -2.32. The molecule has 2 aliphatic heterocycles. The van der Waals surface area contributed by atoms with Crippen molar-refractivity contribution in [3.8, 4) is 23.0 Å².